The van der Waals surface area contributed by atoms with Gasteiger partial charge >= 0.3 is 5.97 Å². The van der Waals surface area contributed by atoms with Crippen molar-refractivity contribution in [2.75, 3.05) is 13.2 Å². The van der Waals surface area contributed by atoms with Gasteiger partial charge in [0.15, 0.2) is 0 Å². The molecule has 0 aliphatic heterocycles. The summed E-state index contributed by atoms with van der Waals surface area (Å²) >= 11 is 6.52. The van der Waals surface area contributed by atoms with Crippen molar-refractivity contribution in [2.45, 2.75) is 40.2 Å². The molecule has 148 valence electrons. The first-order chi connectivity index (χ1) is 13.0. The van der Waals surface area contributed by atoms with Crippen molar-refractivity contribution >= 4 is 17.6 Å². The maximum Gasteiger partial charge on any atom is 0.356 e. The summed E-state index contributed by atoms with van der Waals surface area (Å²) in [5, 5.41) is 32.5. The number of carbonyl (C=O) groups is 1. The van der Waals surface area contributed by atoms with Crippen LogP contribution in [0.5, 0.6) is 0 Å². The Bertz CT molecular complexity index is 804. The van der Waals surface area contributed by atoms with Crippen molar-refractivity contribution in [1.29, 1.82) is 0 Å². The first kappa shape index (κ1) is 21.4. The van der Waals surface area contributed by atoms with E-state index in [0.29, 0.717) is 46.6 Å². The van der Waals surface area contributed by atoms with E-state index in [2.05, 4.69) is 10.3 Å². The summed E-state index contributed by atoms with van der Waals surface area (Å²) in [4.78, 5) is 15.3. The van der Waals surface area contributed by atoms with Crippen LogP contribution >= 0.6 is 11.6 Å². The third kappa shape index (κ3) is 4.34. The Hall–Kier alpha value is -1.90. The zero-order valence-electron chi connectivity index (χ0n) is 15.4. The molecule has 1 aromatic carbocycles. The van der Waals surface area contributed by atoms with E-state index < -0.39 is 5.97 Å². The number of nitrogens with one attached hydrogen (secondary N) is 2. The van der Waals surface area contributed by atoms with Crippen molar-refractivity contribution in [2.24, 2.45) is 0 Å². The number of H-pyrrole nitrogens is 1. The number of rotatable bonds is 9. The number of benzene rings is 1. The monoisotopic (exact) mass is 396 g/mol. The third-order valence-electron chi connectivity index (χ3n) is 4.33. The van der Waals surface area contributed by atoms with Gasteiger partial charge in [0.05, 0.1) is 31.5 Å². The fourth-order valence-electron chi connectivity index (χ4n) is 3.03. The minimum absolute atomic E-state index is 0.141. The van der Waals surface area contributed by atoms with Gasteiger partial charge in [0, 0.05) is 17.8 Å². The number of halogens is 1. The summed E-state index contributed by atoms with van der Waals surface area (Å²) in [6, 6.07) is 3.39. The van der Waals surface area contributed by atoms with E-state index in [1.807, 2.05) is 6.92 Å². The van der Waals surface area contributed by atoms with Gasteiger partial charge in [-0.05, 0) is 35.7 Å². The normalized spacial score (nSPS) is 11.0. The molecule has 7 nitrogen and oxygen atoms in total. The number of aromatic nitrogens is 1. The van der Waals surface area contributed by atoms with Gasteiger partial charge in [0.25, 0.3) is 0 Å². The highest BCUT2D eigenvalue weighted by molar-refractivity contribution is 6.36. The van der Waals surface area contributed by atoms with Gasteiger partial charge in [-0.15, -0.1) is 0 Å². The molecular weight excluding hydrogens is 372 g/mol. The van der Waals surface area contributed by atoms with E-state index in [9.17, 15) is 20.1 Å². The minimum Gasteiger partial charge on any atom is -0.461 e. The van der Waals surface area contributed by atoms with E-state index >= 15 is 0 Å². The first-order valence-corrected chi connectivity index (χ1v) is 9.16. The van der Waals surface area contributed by atoms with Crippen molar-refractivity contribution < 1.29 is 24.9 Å². The molecule has 0 aliphatic carbocycles. The van der Waals surface area contributed by atoms with Crippen molar-refractivity contribution in [3.8, 4) is 11.1 Å². The number of aromatic amines is 1. The Morgan fingerprint density at radius 3 is 2.41 bits per heavy atom. The molecule has 0 amide bonds. The second-order valence-electron chi connectivity index (χ2n) is 5.87. The molecule has 1 heterocycles. The van der Waals surface area contributed by atoms with Crippen LogP contribution < -0.4 is 5.32 Å². The van der Waals surface area contributed by atoms with E-state index in [4.69, 9.17) is 16.3 Å². The molecule has 0 atom stereocenters. The summed E-state index contributed by atoms with van der Waals surface area (Å²) in [5.41, 5.74) is 3.38. The lowest BCUT2D eigenvalue weighted by atomic mass is 9.92. The predicted octanol–water partition coefficient (Wildman–Crippen LogP) is 2.10. The lowest BCUT2D eigenvalue weighted by Crippen LogP contribution is -2.13. The predicted molar refractivity (Wildman–Crippen MR) is 102 cm³/mol. The average molecular weight is 397 g/mol. The molecule has 0 bridgehead atoms. The van der Waals surface area contributed by atoms with E-state index in [1.54, 1.807) is 19.1 Å². The van der Waals surface area contributed by atoms with Crippen molar-refractivity contribution in [1.82, 2.24) is 10.3 Å². The maximum atomic E-state index is 12.2. The fraction of sp³-hybridized carbons (Fsp3) is 0.421. The molecule has 5 N–H and O–H groups in total. The van der Waals surface area contributed by atoms with Crippen LogP contribution in [-0.4, -0.2) is 39.4 Å². The van der Waals surface area contributed by atoms with Gasteiger partial charge in [-0.25, -0.2) is 4.79 Å². The quantitative estimate of drug-likeness (QED) is 0.415. The largest absolute Gasteiger partial charge is 0.461 e. The Labute approximate surface area is 162 Å². The van der Waals surface area contributed by atoms with Gasteiger partial charge in [0.1, 0.15) is 5.69 Å². The highest BCUT2D eigenvalue weighted by Crippen LogP contribution is 2.38. The fourth-order valence-corrected chi connectivity index (χ4v) is 3.37. The molecule has 0 spiro atoms. The summed E-state index contributed by atoms with van der Waals surface area (Å²) < 4.78 is 5.06. The number of aliphatic hydroxyl groups excluding tert-OH is 3. The topological polar surface area (TPSA) is 115 Å². The first-order valence-electron chi connectivity index (χ1n) is 8.78. The van der Waals surface area contributed by atoms with Crippen molar-refractivity contribution in [3.63, 3.8) is 0 Å². The second-order valence-corrected chi connectivity index (χ2v) is 6.25. The molecule has 27 heavy (non-hydrogen) atoms. The molecule has 0 aliphatic rings. The molecule has 0 unspecified atom stereocenters. The Balaban J connectivity index is 2.71. The number of esters is 1. The smallest absolute Gasteiger partial charge is 0.356 e. The highest BCUT2D eigenvalue weighted by atomic mass is 35.5. The SMILES string of the molecule is CCNCc1[nH]c(C(=O)OCC)c(Cl)c1-c1ccc(CO)c(CO)c1CO. The van der Waals surface area contributed by atoms with Crippen molar-refractivity contribution in [3.05, 3.63) is 45.2 Å². The van der Waals surface area contributed by atoms with Crippen LogP contribution in [-0.2, 0) is 31.1 Å². The lowest BCUT2D eigenvalue weighted by molar-refractivity contribution is 0.0520. The summed E-state index contributed by atoms with van der Waals surface area (Å²) in [6.07, 6.45) is 0. The van der Waals surface area contributed by atoms with Crippen LogP contribution in [0.4, 0.5) is 0 Å². The zero-order chi connectivity index (χ0) is 20.0. The van der Waals surface area contributed by atoms with Crippen LogP contribution in [0.2, 0.25) is 5.02 Å². The van der Waals surface area contributed by atoms with Crippen LogP contribution in [0.1, 0.15) is 46.7 Å². The van der Waals surface area contributed by atoms with Gasteiger partial charge in [-0.1, -0.05) is 30.7 Å². The summed E-state index contributed by atoms with van der Waals surface area (Å²) in [6.45, 7) is 4.06. The highest BCUT2D eigenvalue weighted by Gasteiger charge is 2.25. The molecule has 1 aromatic heterocycles. The van der Waals surface area contributed by atoms with Gasteiger partial charge < -0.3 is 30.4 Å². The molecule has 8 heteroatoms. The number of aliphatic hydroxyl groups is 3. The Morgan fingerprint density at radius 1 is 1.15 bits per heavy atom. The average Bonchev–Trinajstić information content (AvgIpc) is 3.01. The van der Waals surface area contributed by atoms with Gasteiger partial charge in [-0.3, -0.25) is 0 Å². The third-order valence-corrected chi connectivity index (χ3v) is 4.71. The Kier molecular flexibility index (Phi) is 7.82. The number of hydrogen-bond donors (Lipinski definition) is 5. The molecule has 0 saturated heterocycles. The zero-order valence-corrected chi connectivity index (χ0v) is 16.2. The number of carbonyl (C=O) groups excluding carboxylic acids is 1. The molecule has 0 saturated carbocycles. The van der Waals surface area contributed by atoms with Crippen LogP contribution in [0.25, 0.3) is 11.1 Å². The summed E-state index contributed by atoms with van der Waals surface area (Å²) in [5.74, 6) is -0.564. The van der Waals surface area contributed by atoms with E-state index in [-0.39, 0.29) is 37.1 Å². The molecular formula is C19H25ClN2O5. The van der Waals surface area contributed by atoms with Gasteiger partial charge in [0.2, 0.25) is 0 Å². The van der Waals surface area contributed by atoms with Gasteiger partial charge in [-0.2, -0.15) is 0 Å². The molecule has 2 rings (SSSR count). The standard InChI is InChI=1S/C19H25ClN2O5/c1-3-21-7-15-16(17(20)18(22-15)19(26)27-4-2)12-6-5-11(8-23)13(9-24)14(12)10-25/h5-6,21-25H,3-4,7-10H2,1-2H3. The molecule has 2 aromatic rings. The molecule has 0 fully saturated rings. The minimum atomic E-state index is -0.564. The lowest BCUT2D eigenvalue weighted by Gasteiger charge is -2.16. The maximum absolute atomic E-state index is 12.2. The second kappa shape index (κ2) is 9.87. The Morgan fingerprint density at radius 2 is 1.85 bits per heavy atom. The number of ether oxygens (including phenoxy) is 1. The van der Waals surface area contributed by atoms with Crippen LogP contribution in [0.3, 0.4) is 0 Å². The van der Waals surface area contributed by atoms with Crippen LogP contribution in [0.15, 0.2) is 12.1 Å². The number of hydrogen-bond acceptors (Lipinski definition) is 6. The summed E-state index contributed by atoms with van der Waals surface area (Å²) in [7, 11) is 0. The molecule has 0 radical (unpaired) electrons. The van der Waals surface area contributed by atoms with E-state index in [0.717, 1.165) is 0 Å². The van der Waals surface area contributed by atoms with Crippen LogP contribution in [0, 0.1) is 0 Å². The van der Waals surface area contributed by atoms with E-state index in [1.165, 1.54) is 0 Å².